The SMILES string of the molecule is CC1c2ccccc2N(O)C(=O)[C@@H]1N. The molecule has 0 spiro atoms. The fourth-order valence-electron chi connectivity index (χ4n) is 1.73. The van der Waals surface area contributed by atoms with Crippen LogP contribution in [0.5, 0.6) is 0 Å². The fourth-order valence-corrected chi connectivity index (χ4v) is 1.73. The summed E-state index contributed by atoms with van der Waals surface area (Å²) in [4.78, 5) is 11.4. The first kappa shape index (κ1) is 9.18. The second-order valence-corrected chi connectivity index (χ2v) is 3.52. The first-order valence-corrected chi connectivity index (χ1v) is 4.50. The summed E-state index contributed by atoms with van der Waals surface area (Å²) in [6, 6.07) is 6.56. The minimum absolute atomic E-state index is 0.0536. The van der Waals surface area contributed by atoms with E-state index in [0.29, 0.717) is 10.8 Å². The molecule has 1 aromatic rings. The molecule has 1 heterocycles. The Labute approximate surface area is 81.9 Å². The summed E-state index contributed by atoms with van der Waals surface area (Å²) in [6.07, 6.45) is 0. The van der Waals surface area contributed by atoms with Crippen LogP contribution >= 0.6 is 0 Å². The molecule has 0 saturated heterocycles. The van der Waals surface area contributed by atoms with Crippen LogP contribution in [0.1, 0.15) is 18.4 Å². The number of carbonyl (C=O) groups is 1. The Balaban J connectivity index is 2.56. The maximum Gasteiger partial charge on any atom is 0.268 e. The predicted molar refractivity (Wildman–Crippen MR) is 52.1 cm³/mol. The molecular formula is C10H12N2O2. The summed E-state index contributed by atoms with van der Waals surface area (Å²) in [7, 11) is 0. The van der Waals surface area contributed by atoms with Crippen LogP contribution in [0, 0.1) is 0 Å². The summed E-state index contributed by atoms with van der Waals surface area (Å²) in [5, 5.41) is 10.2. The van der Waals surface area contributed by atoms with Crippen molar-refractivity contribution in [3.8, 4) is 0 Å². The van der Waals surface area contributed by atoms with Crippen LogP contribution in [0.4, 0.5) is 5.69 Å². The quantitative estimate of drug-likeness (QED) is 0.599. The summed E-state index contributed by atoms with van der Waals surface area (Å²) >= 11 is 0. The maximum atomic E-state index is 11.4. The van der Waals surface area contributed by atoms with Crippen molar-refractivity contribution in [1.82, 2.24) is 0 Å². The lowest BCUT2D eigenvalue weighted by Gasteiger charge is -2.32. The Morgan fingerprint density at radius 1 is 1.43 bits per heavy atom. The number of para-hydroxylation sites is 1. The first-order chi connectivity index (χ1) is 6.63. The zero-order valence-electron chi connectivity index (χ0n) is 7.84. The van der Waals surface area contributed by atoms with Gasteiger partial charge in [-0.05, 0) is 11.6 Å². The molecule has 0 bridgehead atoms. The molecule has 0 saturated carbocycles. The van der Waals surface area contributed by atoms with Gasteiger partial charge in [0.05, 0.1) is 11.7 Å². The molecule has 1 unspecified atom stereocenters. The standard InChI is InChI=1S/C10H12N2O2/c1-6-7-4-2-3-5-8(7)12(14)10(13)9(6)11/h2-6,9,14H,11H2,1H3/t6?,9-/m1/s1. The van der Waals surface area contributed by atoms with E-state index in [1.807, 2.05) is 19.1 Å². The number of nitrogens with zero attached hydrogens (tertiary/aromatic N) is 1. The highest BCUT2D eigenvalue weighted by Gasteiger charge is 2.34. The average molecular weight is 192 g/mol. The summed E-state index contributed by atoms with van der Waals surface area (Å²) in [5.41, 5.74) is 7.11. The second kappa shape index (κ2) is 3.08. The molecule has 1 amide bonds. The Kier molecular flexibility index (Phi) is 2.02. The molecule has 2 rings (SSSR count). The summed E-state index contributed by atoms with van der Waals surface area (Å²) < 4.78 is 0. The number of benzene rings is 1. The predicted octanol–water partition coefficient (Wildman–Crippen LogP) is 0.853. The van der Waals surface area contributed by atoms with Crippen LogP contribution in [0.15, 0.2) is 24.3 Å². The molecule has 0 fully saturated rings. The van der Waals surface area contributed by atoms with Crippen molar-refractivity contribution >= 4 is 11.6 Å². The number of hydroxylamine groups is 1. The molecule has 3 N–H and O–H groups in total. The van der Waals surface area contributed by atoms with E-state index in [0.717, 1.165) is 5.56 Å². The van der Waals surface area contributed by atoms with Gasteiger partial charge in [0.25, 0.3) is 5.91 Å². The first-order valence-electron chi connectivity index (χ1n) is 4.50. The molecule has 4 heteroatoms. The third-order valence-electron chi connectivity index (χ3n) is 2.69. The Hall–Kier alpha value is -1.39. The van der Waals surface area contributed by atoms with Gasteiger partial charge in [0, 0.05) is 5.92 Å². The van der Waals surface area contributed by atoms with E-state index in [-0.39, 0.29) is 5.92 Å². The lowest BCUT2D eigenvalue weighted by Crippen LogP contribution is -2.49. The van der Waals surface area contributed by atoms with Gasteiger partial charge in [-0.15, -0.1) is 0 Å². The highest BCUT2D eigenvalue weighted by atomic mass is 16.5. The van der Waals surface area contributed by atoms with E-state index in [4.69, 9.17) is 5.73 Å². The molecule has 2 atom stereocenters. The van der Waals surface area contributed by atoms with Crippen LogP contribution in [0.25, 0.3) is 0 Å². The van der Waals surface area contributed by atoms with Crippen molar-refractivity contribution in [3.05, 3.63) is 29.8 Å². The van der Waals surface area contributed by atoms with Gasteiger partial charge in [0.15, 0.2) is 0 Å². The smallest absolute Gasteiger partial charge is 0.268 e. The highest BCUT2D eigenvalue weighted by Crippen LogP contribution is 2.33. The van der Waals surface area contributed by atoms with Crippen LogP contribution in [0.2, 0.25) is 0 Å². The monoisotopic (exact) mass is 192 g/mol. The van der Waals surface area contributed by atoms with Crippen LogP contribution < -0.4 is 10.8 Å². The van der Waals surface area contributed by atoms with Gasteiger partial charge in [-0.1, -0.05) is 25.1 Å². The number of carbonyl (C=O) groups excluding carboxylic acids is 1. The van der Waals surface area contributed by atoms with Crippen molar-refractivity contribution in [2.24, 2.45) is 5.73 Å². The summed E-state index contributed by atoms with van der Waals surface area (Å²) in [6.45, 7) is 1.88. The van der Waals surface area contributed by atoms with E-state index < -0.39 is 11.9 Å². The largest absolute Gasteiger partial charge is 0.319 e. The van der Waals surface area contributed by atoms with E-state index >= 15 is 0 Å². The third-order valence-corrected chi connectivity index (χ3v) is 2.69. The number of hydrogen-bond acceptors (Lipinski definition) is 3. The van der Waals surface area contributed by atoms with Gasteiger partial charge in [-0.3, -0.25) is 10.0 Å². The zero-order chi connectivity index (χ0) is 10.3. The number of rotatable bonds is 0. The maximum absolute atomic E-state index is 11.4. The minimum atomic E-state index is -0.658. The van der Waals surface area contributed by atoms with Gasteiger partial charge in [-0.2, -0.15) is 5.06 Å². The Morgan fingerprint density at radius 2 is 2.07 bits per heavy atom. The Morgan fingerprint density at radius 3 is 2.79 bits per heavy atom. The van der Waals surface area contributed by atoms with Crippen LogP contribution in [-0.4, -0.2) is 17.2 Å². The molecular weight excluding hydrogens is 180 g/mol. The molecule has 1 aromatic carbocycles. The van der Waals surface area contributed by atoms with Crippen molar-refractivity contribution < 1.29 is 10.0 Å². The van der Waals surface area contributed by atoms with E-state index in [1.165, 1.54) is 0 Å². The summed E-state index contributed by atoms with van der Waals surface area (Å²) in [5.74, 6) is -0.502. The average Bonchev–Trinajstić information content (AvgIpc) is 2.23. The van der Waals surface area contributed by atoms with Crippen LogP contribution in [0.3, 0.4) is 0 Å². The second-order valence-electron chi connectivity index (χ2n) is 3.52. The van der Waals surface area contributed by atoms with Gasteiger partial charge in [0.2, 0.25) is 0 Å². The lowest BCUT2D eigenvalue weighted by molar-refractivity contribution is -0.125. The molecule has 0 radical (unpaired) electrons. The Bertz CT molecular complexity index is 378. The number of anilines is 1. The fraction of sp³-hybridized carbons (Fsp3) is 0.300. The van der Waals surface area contributed by atoms with Gasteiger partial charge >= 0.3 is 0 Å². The molecule has 1 aliphatic heterocycles. The van der Waals surface area contributed by atoms with E-state index in [9.17, 15) is 10.0 Å². The molecule has 0 aliphatic carbocycles. The van der Waals surface area contributed by atoms with E-state index in [1.54, 1.807) is 12.1 Å². The molecule has 14 heavy (non-hydrogen) atoms. The van der Waals surface area contributed by atoms with E-state index in [2.05, 4.69) is 0 Å². The number of amides is 1. The van der Waals surface area contributed by atoms with Crippen molar-refractivity contribution in [1.29, 1.82) is 0 Å². The van der Waals surface area contributed by atoms with Crippen molar-refractivity contribution in [2.45, 2.75) is 18.9 Å². The molecule has 1 aliphatic rings. The van der Waals surface area contributed by atoms with Crippen molar-refractivity contribution in [2.75, 3.05) is 5.06 Å². The van der Waals surface area contributed by atoms with Crippen LogP contribution in [-0.2, 0) is 4.79 Å². The number of fused-ring (bicyclic) bond motifs is 1. The number of hydrogen-bond donors (Lipinski definition) is 2. The molecule has 74 valence electrons. The molecule has 4 nitrogen and oxygen atoms in total. The van der Waals surface area contributed by atoms with Crippen molar-refractivity contribution in [3.63, 3.8) is 0 Å². The third kappa shape index (κ3) is 1.12. The minimum Gasteiger partial charge on any atom is -0.319 e. The van der Waals surface area contributed by atoms with Gasteiger partial charge < -0.3 is 5.73 Å². The highest BCUT2D eigenvalue weighted by molar-refractivity contribution is 5.98. The lowest BCUT2D eigenvalue weighted by atomic mass is 9.88. The topological polar surface area (TPSA) is 66.6 Å². The number of nitrogens with two attached hydrogens (primary N) is 1. The van der Waals surface area contributed by atoms with Gasteiger partial charge in [-0.25, -0.2) is 0 Å². The molecule has 0 aromatic heterocycles. The van der Waals surface area contributed by atoms with Gasteiger partial charge in [0.1, 0.15) is 0 Å². The zero-order valence-corrected chi connectivity index (χ0v) is 7.84. The normalized spacial score (nSPS) is 26.2.